The summed E-state index contributed by atoms with van der Waals surface area (Å²) < 4.78 is 31.4. The number of ether oxygens (including phenoxy) is 2. The fourth-order valence-electron chi connectivity index (χ4n) is 3.47. The van der Waals surface area contributed by atoms with Gasteiger partial charge in [-0.05, 0) is 61.9 Å². The van der Waals surface area contributed by atoms with Gasteiger partial charge in [0.05, 0.1) is 35.8 Å². The van der Waals surface area contributed by atoms with Gasteiger partial charge in [0.25, 0.3) is 5.91 Å². The number of aromatic nitrogens is 2. The highest BCUT2D eigenvalue weighted by Gasteiger charge is 2.18. The summed E-state index contributed by atoms with van der Waals surface area (Å²) in [7, 11) is 1.63. The van der Waals surface area contributed by atoms with Gasteiger partial charge in [-0.3, -0.25) is 9.48 Å². The van der Waals surface area contributed by atoms with Gasteiger partial charge in [0.2, 0.25) is 0 Å². The zero-order valence-corrected chi connectivity index (χ0v) is 19.6. The molecule has 0 unspecified atom stereocenters. The lowest BCUT2D eigenvalue weighted by Crippen LogP contribution is -2.12. The number of hydrogen-bond donors (Lipinski definition) is 1. The number of benzene rings is 2. The molecule has 4 rings (SSSR count). The van der Waals surface area contributed by atoms with Crippen LogP contribution in [-0.2, 0) is 13.2 Å². The number of aryl methyl sites for hydroxylation is 1. The van der Waals surface area contributed by atoms with Crippen LogP contribution < -0.4 is 14.8 Å². The molecule has 0 fully saturated rings. The minimum Gasteiger partial charge on any atom is -0.497 e. The van der Waals surface area contributed by atoms with Crippen molar-refractivity contribution in [3.8, 4) is 11.5 Å². The molecule has 9 heteroatoms. The Morgan fingerprint density at radius 1 is 1.18 bits per heavy atom. The van der Waals surface area contributed by atoms with Gasteiger partial charge in [0, 0.05) is 0 Å². The second-order valence-electron chi connectivity index (χ2n) is 7.64. The van der Waals surface area contributed by atoms with E-state index in [2.05, 4.69) is 10.4 Å². The maximum atomic E-state index is 13.2. The Bertz CT molecular complexity index is 1330. The fraction of sp³-hybridized carbons (Fsp3) is 0.200. The van der Waals surface area contributed by atoms with Gasteiger partial charge >= 0.3 is 0 Å². The molecule has 7 nitrogen and oxygen atoms in total. The number of hydrogen-bond acceptors (Lipinski definition) is 5. The molecule has 176 valence electrons. The van der Waals surface area contributed by atoms with E-state index in [1.54, 1.807) is 19.2 Å². The lowest BCUT2D eigenvalue weighted by Gasteiger charge is -2.08. The van der Waals surface area contributed by atoms with E-state index < -0.39 is 11.7 Å². The Balaban J connectivity index is 1.42. The summed E-state index contributed by atoms with van der Waals surface area (Å²) in [5.41, 5.74) is 3.16. The summed E-state index contributed by atoms with van der Waals surface area (Å²) in [5, 5.41) is 7.60. The van der Waals surface area contributed by atoms with E-state index in [4.69, 9.17) is 25.5 Å². The Labute approximate surface area is 201 Å². The highest BCUT2D eigenvalue weighted by Crippen LogP contribution is 2.26. The van der Waals surface area contributed by atoms with Crippen molar-refractivity contribution in [3.63, 3.8) is 0 Å². The largest absolute Gasteiger partial charge is 0.497 e. The van der Waals surface area contributed by atoms with Gasteiger partial charge < -0.3 is 19.2 Å². The first-order valence-electron chi connectivity index (χ1n) is 10.5. The first-order chi connectivity index (χ1) is 16.3. The lowest BCUT2D eigenvalue weighted by atomic mass is 10.2. The third-order valence-corrected chi connectivity index (χ3v) is 5.53. The van der Waals surface area contributed by atoms with E-state index in [1.165, 1.54) is 12.1 Å². The van der Waals surface area contributed by atoms with E-state index in [9.17, 15) is 9.18 Å². The number of nitrogens with one attached hydrogen (secondary N) is 1. The minimum atomic E-state index is -0.452. The number of rotatable bonds is 8. The van der Waals surface area contributed by atoms with Crippen molar-refractivity contribution in [3.05, 3.63) is 93.9 Å². The molecule has 0 atom stereocenters. The molecule has 2 heterocycles. The van der Waals surface area contributed by atoms with Crippen molar-refractivity contribution in [1.82, 2.24) is 9.78 Å². The molecule has 0 saturated heterocycles. The molecule has 0 aliphatic rings. The van der Waals surface area contributed by atoms with Crippen LogP contribution in [0.4, 0.5) is 10.1 Å². The SMILES string of the molecule is COc1cccc(Cn2nc(C)c(NC(=O)c3ccc(COc4ccc(F)cc4Cl)o3)c2C)c1. The quantitative estimate of drug-likeness (QED) is 0.344. The summed E-state index contributed by atoms with van der Waals surface area (Å²) in [6.45, 7) is 4.30. The summed E-state index contributed by atoms with van der Waals surface area (Å²) in [5.74, 6) is 0.785. The van der Waals surface area contributed by atoms with Crippen molar-refractivity contribution in [2.24, 2.45) is 0 Å². The highest BCUT2D eigenvalue weighted by molar-refractivity contribution is 6.32. The van der Waals surface area contributed by atoms with Crippen molar-refractivity contribution >= 4 is 23.2 Å². The summed E-state index contributed by atoms with van der Waals surface area (Å²) >= 11 is 5.97. The standard InChI is InChI=1S/C25H23ClFN3O4/c1-15-24(16(2)30(29-15)13-17-5-4-6-19(11-17)32-3)28-25(31)23-10-8-20(34-23)14-33-22-9-7-18(27)12-21(22)26/h4-12H,13-14H2,1-3H3,(H,28,31). The number of amides is 1. The second kappa shape index (κ2) is 10.0. The molecule has 0 radical (unpaired) electrons. The van der Waals surface area contributed by atoms with E-state index in [-0.39, 0.29) is 17.4 Å². The Morgan fingerprint density at radius 2 is 2.00 bits per heavy atom. The van der Waals surface area contributed by atoms with Gasteiger partial charge in [0.1, 0.15) is 29.7 Å². The predicted molar refractivity (Wildman–Crippen MR) is 126 cm³/mol. The molecular formula is C25H23ClFN3O4. The number of nitrogens with zero attached hydrogens (tertiary/aromatic N) is 2. The van der Waals surface area contributed by atoms with Crippen molar-refractivity contribution in [2.45, 2.75) is 27.0 Å². The van der Waals surface area contributed by atoms with E-state index in [0.29, 0.717) is 29.4 Å². The zero-order valence-electron chi connectivity index (χ0n) is 18.9. The highest BCUT2D eigenvalue weighted by atomic mass is 35.5. The lowest BCUT2D eigenvalue weighted by molar-refractivity contribution is 0.0992. The smallest absolute Gasteiger partial charge is 0.291 e. The van der Waals surface area contributed by atoms with Crippen molar-refractivity contribution in [2.75, 3.05) is 12.4 Å². The average Bonchev–Trinajstić information content (AvgIpc) is 3.39. The van der Waals surface area contributed by atoms with Gasteiger partial charge in [-0.25, -0.2) is 4.39 Å². The third kappa shape index (κ3) is 5.23. The monoisotopic (exact) mass is 483 g/mol. The van der Waals surface area contributed by atoms with Gasteiger partial charge in [-0.1, -0.05) is 23.7 Å². The molecule has 34 heavy (non-hydrogen) atoms. The molecule has 2 aromatic carbocycles. The van der Waals surface area contributed by atoms with Crippen molar-refractivity contribution in [1.29, 1.82) is 0 Å². The molecule has 0 spiro atoms. The van der Waals surface area contributed by atoms with Crippen LogP contribution in [0.2, 0.25) is 5.02 Å². The number of anilines is 1. The average molecular weight is 484 g/mol. The number of carbonyl (C=O) groups excluding carboxylic acids is 1. The number of carbonyl (C=O) groups is 1. The molecule has 0 aliphatic carbocycles. The Morgan fingerprint density at radius 3 is 2.76 bits per heavy atom. The molecule has 0 aliphatic heterocycles. The Hall–Kier alpha value is -3.78. The van der Waals surface area contributed by atoms with Crippen LogP contribution in [0.1, 0.15) is 33.3 Å². The molecule has 4 aromatic rings. The Kier molecular flexibility index (Phi) is 6.88. The number of halogens is 2. The maximum absolute atomic E-state index is 13.2. The van der Waals surface area contributed by atoms with Crippen LogP contribution >= 0.6 is 11.6 Å². The third-order valence-electron chi connectivity index (χ3n) is 5.24. The second-order valence-corrected chi connectivity index (χ2v) is 8.05. The summed E-state index contributed by atoms with van der Waals surface area (Å²) in [4.78, 5) is 12.8. The first kappa shape index (κ1) is 23.4. The zero-order chi connectivity index (χ0) is 24.2. The number of furan rings is 1. The van der Waals surface area contributed by atoms with Crippen LogP contribution in [0, 0.1) is 19.7 Å². The van der Waals surface area contributed by atoms with Crippen LogP contribution in [-0.4, -0.2) is 22.8 Å². The van der Waals surface area contributed by atoms with Gasteiger partial charge in [-0.2, -0.15) is 5.10 Å². The topological polar surface area (TPSA) is 78.5 Å². The molecule has 0 saturated carbocycles. The maximum Gasteiger partial charge on any atom is 0.291 e. The van der Waals surface area contributed by atoms with Gasteiger partial charge in [-0.15, -0.1) is 0 Å². The van der Waals surface area contributed by atoms with Crippen LogP contribution in [0.3, 0.4) is 0 Å². The van der Waals surface area contributed by atoms with Gasteiger partial charge in [0.15, 0.2) is 5.76 Å². The first-order valence-corrected chi connectivity index (χ1v) is 10.9. The van der Waals surface area contributed by atoms with E-state index >= 15 is 0 Å². The predicted octanol–water partition coefficient (Wildman–Crippen LogP) is 5.77. The molecular weight excluding hydrogens is 461 g/mol. The number of methoxy groups -OCH3 is 1. The van der Waals surface area contributed by atoms with E-state index in [0.717, 1.165) is 23.1 Å². The fourth-order valence-corrected chi connectivity index (χ4v) is 3.69. The molecule has 1 amide bonds. The molecule has 0 bridgehead atoms. The van der Waals surface area contributed by atoms with Crippen molar-refractivity contribution < 1.29 is 23.1 Å². The summed E-state index contributed by atoms with van der Waals surface area (Å²) in [6.07, 6.45) is 0. The molecule has 1 N–H and O–H groups in total. The van der Waals surface area contributed by atoms with Crippen LogP contribution in [0.25, 0.3) is 0 Å². The van der Waals surface area contributed by atoms with E-state index in [1.807, 2.05) is 42.8 Å². The van der Waals surface area contributed by atoms with Crippen LogP contribution in [0.5, 0.6) is 11.5 Å². The normalized spacial score (nSPS) is 10.9. The summed E-state index contributed by atoms with van der Waals surface area (Å²) in [6, 6.07) is 14.8. The van der Waals surface area contributed by atoms with Crippen LogP contribution in [0.15, 0.2) is 59.0 Å². The minimum absolute atomic E-state index is 0.0369. The molecule has 2 aromatic heterocycles.